The summed E-state index contributed by atoms with van der Waals surface area (Å²) in [6, 6.07) is 10.2. The van der Waals surface area contributed by atoms with Gasteiger partial charge >= 0.3 is 0 Å². The minimum atomic E-state index is -4.09. The smallest absolute Gasteiger partial charge is 0.262 e. The van der Waals surface area contributed by atoms with E-state index in [0.717, 1.165) is 5.56 Å². The van der Waals surface area contributed by atoms with Crippen LogP contribution in [0.15, 0.2) is 59.8 Å². The summed E-state index contributed by atoms with van der Waals surface area (Å²) in [4.78, 5) is 15.3. The molecule has 0 saturated carbocycles. The lowest BCUT2D eigenvalue weighted by atomic mass is 10.0. The molecule has 0 bridgehead atoms. The molecular formula is C28H24ClF3N6O2S. The third kappa shape index (κ3) is 5.17. The number of hydrogen-bond donors (Lipinski definition) is 1. The summed E-state index contributed by atoms with van der Waals surface area (Å²) in [5.74, 6) is -3.11. The SMILES string of the molecule is Cc1cn2c(n1)c(-c1ccc(NS(=O)(=O)c3ccc(C)c(Cl)c3)c(F)c1)cc1cnc(N3CCC(F)(F)CC3)nc12. The van der Waals surface area contributed by atoms with Crippen molar-refractivity contribution in [2.24, 2.45) is 0 Å². The Kier molecular flexibility index (Phi) is 6.57. The van der Waals surface area contributed by atoms with Gasteiger partial charge in [0.2, 0.25) is 5.95 Å². The average Bonchev–Trinajstić information content (AvgIpc) is 3.32. The predicted octanol–water partition coefficient (Wildman–Crippen LogP) is 6.39. The van der Waals surface area contributed by atoms with Crippen LogP contribution < -0.4 is 9.62 Å². The molecule has 0 radical (unpaired) electrons. The second kappa shape index (κ2) is 9.88. The number of sulfonamides is 1. The summed E-state index contributed by atoms with van der Waals surface area (Å²) in [5.41, 5.74) is 3.27. The van der Waals surface area contributed by atoms with E-state index in [0.29, 0.717) is 39.4 Å². The quantitative estimate of drug-likeness (QED) is 0.251. The third-order valence-corrected chi connectivity index (χ3v) is 8.90. The van der Waals surface area contributed by atoms with E-state index < -0.39 is 21.8 Å². The van der Waals surface area contributed by atoms with E-state index in [2.05, 4.69) is 19.7 Å². The van der Waals surface area contributed by atoms with Crippen LogP contribution in [0.5, 0.6) is 0 Å². The molecule has 0 unspecified atom stereocenters. The molecule has 6 rings (SSSR count). The van der Waals surface area contributed by atoms with Gasteiger partial charge in [-0.15, -0.1) is 0 Å². The van der Waals surface area contributed by atoms with E-state index in [1.807, 2.05) is 6.92 Å². The van der Waals surface area contributed by atoms with Gasteiger partial charge in [-0.05, 0) is 55.3 Å². The van der Waals surface area contributed by atoms with E-state index in [-0.39, 0.29) is 41.5 Å². The first-order valence-electron chi connectivity index (χ1n) is 12.8. The summed E-state index contributed by atoms with van der Waals surface area (Å²) >= 11 is 6.08. The van der Waals surface area contributed by atoms with Crippen molar-refractivity contribution in [3.05, 3.63) is 77.0 Å². The van der Waals surface area contributed by atoms with E-state index in [9.17, 15) is 17.2 Å². The average molecular weight is 601 g/mol. The lowest BCUT2D eigenvalue weighted by Gasteiger charge is -2.31. The van der Waals surface area contributed by atoms with Gasteiger partial charge in [-0.2, -0.15) is 4.98 Å². The van der Waals surface area contributed by atoms with Crippen LogP contribution in [-0.2, 0) is 10.0 Å². The minimum absolute atomic E-state index is 0.0849. The van der Waals surface area contributed by atoms with Crippen LogP contribution in [-0.4, -0.2) is 46.8 Å². The number of anilines is 2. The van der Waals surface area contributed by atoms with Gasteiger partial charge in [-0.3, -0.25) is 9.12 Å². The fraction of sp³-hybridized carbons (Fsp3) is 0.250. The van der Waals surface area contributed by atoms with Gasteiger partial charge in [0.1, 0.15) is 11.5 Å². The Morgan fingerprint density at radius 2 is 1.76 bits per heavy atom. The molecule has 0 spiro atoms. The maximum Gasteiger partial charge on any atom is 0.262 e. The van der Waals surface area contributed by atoms with Crippen molar-refractivity contribution in [1.82, 2.24) is 19.4 Å². The highest BCUT2D eigenvalue weighted by Crippen LogP contribution is 2.33. The summed E-state index contributed by atoms with van der Waals surface area (Å²) in [7, 11) is -4.09. The zero-order chi connectivity index (χ0) is 29.1. The van der Waals surface area contributed by atoms with Crippen molar-refractivity contribution in [1.29, 1.82) is 0 Å². The second-order valence-corrected chi connectivity index (χ2v) is 12.2. The molecule has 13 heteroatoms. The number of rotatable bonds is 5. The predicted molar refractivity (Wildman–Crippen MR) is 152 cm³/mol. The number of piperidine rings is 1. The minimum Gasteiger partial charge on any atom is -0.340 e. The number of alkyl halides is 2. The summed E-state index contributed by atoms with van der Waals surface area (Å²) in [5, 5.41) is 0.921. The number of nitrogens with zero attached hydrogens (tertiary/aromatic N) is 5. The molecule has 0 atom stereocenters. The van der Waals surface area contributed by atoms with Crippen molar-refractivity contribution in [2.75, 3.05) is 22.7 Å². The van der Waals surface area contributed by atoms with Gasteiger partial charge in [-0.25, -0.2) is 31.6 Å². The number of nitrogens with one attached hydrogen (secondary N) is 1. The van der Waals surface area contributed by atoms with Gasteiger partial charge in [0.15, 0.2) is 5.65 Å². The molecule has 1 saturated heterocycles. The van der Waals surface area contributed by atoms with Crippen LogP contribution in [0, 0.1) is 19.7 Å². The zero-order valence-electron chi connectivity index (χ0n) is 22.0. The number of benzene rings is 2. The van der Waals surface area contributed by atoms with Crippen LogP contribution in [0.2, 0.25) is 5.02 Å². The number of aromatic nitrogens is 4. The number of aryl methyl sites for hydroxylation is 2. The number of fused-ring (bicyclic) bond motifs is 3. The van der Waals surface area contributed by atoms with Crippen LogP contribution in [0.3, 0.4) is 0 Å². The second-order valence-electron chi connectivity index (χ2n) is 10.1. The van der Waals surface area contributed by atoms with Gasteiger partial charge in [0, 0.05) is 54.3 Å². The summed E-state index contributed by atoms with van der Waals surface area (Å²) in [6.45, 7) is 3.86. The molecule has 3 aromatic heterocycles. The molecule has 5 aromatic rings. The first-order chi connectivity index (χ1) is 19.4. The maximum absolute atomic E-state index is 15.3. The van der Waals surface area contributed by atoms with Crippen LogP contribution in [0.25, 0.3) is 27.8 Å². The number of halogens is 4. The normalized spacial score (nSPS) is 15.5. The zero-order valence-corrected chi connectivity index (χ0v) is 23.6. The Labute approximate surface area is 238 Å². The topological polar surface area (TPSA) is 92.5 Å². The van der Waals surface area contributed by atoms with Crippen LogP contribution in [0.1, 0.15) is 24.1 Å². The Hall–Kier alpha value is -3.90. The molecule has 1 aliphatic rings. The molecule has 4 heterocycles. The van der Waals surface area contributed by atoms with E-state index in [1.165, 1.54) is 24.3 Å². The molecule has 41 heavy (non-hydrogen) atoms. The Balaban J connectivity index is 1.36. The molecule has 1 fully saturated rings. The van der Waals surface area contributed by atoms with Crippen LogP contribution >= 0.6 is 11.6 Å². The summed E-state index contributed by atoms with van der Waals surface area (Å²) < 4.78 is 72.4. The van der Waals surface area contributed by atoms with Crippen molar-refractivity contribution in [3.63, 3.8) is 0 Å². The Morgan fingerprint density at radius 1 is 1.00 bits per heavy atom. The number of imidazole rings is 1. The Bertz CT molecular complexity index is 1940. The fourth-order valence-corrected chi connectivity index (χ4v) is 6.18. The van der Waals surface area contributed by atoms with Crippen molar-refractivity contribution >= 4 is 49.9 Å². The molecule has 8 nitrogen and oxygen atoms in total. The molecule has 0 amide bonds. The standard InChI is InChI=1S/C28H24ClF3N6O2S/c1-16-3-5-20(13-22(16)29)41(39,40)36-24-6-4-18(12-23(24)30)21-11-19-14-33-27(37-9-7-28(31,32)8-10-37)35-25(19)38-15-17(2)34-26(21)38/h3-6,11-15,36H,7-10H2,1-2H3. The van der Waals surface area contributed by atoms with E-state index in [4.69, 9.17) is 11.6 Å². The van der Waals surface area contributed by atoms with Gasteiger partial charge in [-0.1, -0.05) is 23.7 Å². The maximum atomic E-state index is 15.3. The number of pyridine rings is 1. The first-order valence-corrected chi connectivity index (χ1v) is 14.6. The van der Waals surface area contributed by atoms with Gasteiger partial charge < -0.3 is 4.90 Å². The fourth-order valence-electron chi connectivity index (χ4n) is 4.85. The highest BCUT2D eigenvalue weighted by atomic mass is 35.5. The lowest BCUT2D eigenvalue weighted by Crippen LogP contribution is -2.40. The van der Waals surface area contributed by atoms with E-state index in [1.54, 1.807) is 46.8 Å². The largest absolute Gasteiger partial charge is 0.340 e. The molecule has 2 aromatic carbocycles. The number of hydrogen-bond acceptors (Lipinski definition) is 6. The third-order valence-electron chi connectivity index (χ3n) is 7.13. The highest BCUT2D eigenvalue weighted by molar-refractivity contribution is 7.92. The van der Waals surface area contributed by atoms with Gasteiger partial charge in [0.05, 0.1) is 16.3 Å². The van der Waals surface area contributed by atoms with Crippen molar-refractivity contribution < 1.29 is 21.6 Å². The molecule has 0 aliphatic carbocycles. The van der Waals surface area contributed by atoms with Crippen LogP contribution in [0.4, 0.5) is 24.8 Å². The van der Waals surface area contributed by atoms with Crippen molar-refractivity contribution in [3.8, 4) is 11.1 Å². The Morgan fingerprint density at radius 3 is 2.46 bits per heavy atom. The first kappa shape index (κ1) is 27.3. The monoisotopic (exact) mass is 600 g/mol. The molecule has 212 valence electrons. The van der Waals surface area contributed by atoms with E-state index >= 15 is 4.39 Å². The molecule has 1 aliphatic heterocycles. The lowest BCUT2D eigenvalue weighted by molar-refractivity contribution is -0.0222. The van der Waals surface area contributed by atoms with Gasteiger partial charge in [0.25, 0.3) is 15.9 Å². The highest BCUT2D eigenvalue weighted by Gasteiger charge is 2.35. The van der Waals surface area contributed by atoms with Crippen molar-refractivity contribution in [2.45, 2.75) is 37.5 Å². The summed E-state index contributed by atoms with van der Waals surface area (Å²) in [6.07, 6.45) is 2.87. The molecular weight excluding hydrogens is 577 g/mol. The molecule has 1 N–H and O–H groups in total.